The van der Waals surface area contributed by atoms with Gasteiger partial charge in [0.1, 0.15) is 5.82 Å². The summed E-state index contributed by atoms with van der Waals surface area (Å²) in [6, 6.07) is 11.1. The van der Waals surface area contributed by atoms with Crippen LogP contribution in [0, 0.1) is 5.82 Å². The Morgan fingerprint density at radius 2 is 1.63 bits per heavy atom. The molecule has 1 aliphatic heterocycles. The van der Waals surface area contributed by atoms with Gasteiger partial charge in [-0.25, -0.2) is 4.39 Å². The Hall–Kier alpha value is -1.76. The van der Waals surface area contributed by atoms with Gasteiger partial charge < -0.3 is 9.80 Å². The largest absolute Gasteiger partial charge is 0.338 e. The Kier molecular flexibility index (Phi) is 6.63. The maximum atomic E-state index is 13.1. The van der Waals surface area contributed by atoms with Gasteiger partial charge in [-0.05, 0) is 30.3 Å². The molecule has 0 atom stereocenters. The van der Waals surface area contributed by atoms with Crippen molar-refractivity contribution in [1.82, 2.24) is 9.80 Å². The van der Waals surface area contributed by atoms with Gasteiger partial charge in [-0.3, -0.25) is 9.59 Å². The van der Waals surface area contributed by atoms with Crippen LogP contribution in [0.3, 0.4) is 0 Å². The summed E-state index contributed by atoms with van der Waals surface area (Å²) in [5.74, 6) is -0.436. The molecule has 0 N–H and O–H groups in total. The molecule has 1 heterocycles. The topological polar surface area (TPSA) is 40.6 Å². The summed E-state index contributed by atoms with van der Waals surface area (Å²) >= 11 is 13.5. The molecule has 0 aromatic heterocycles. The van der Waals surface area contributed by atoms with E-state index in [1.54, 1.807) is 15.9 Å². The van der Waals surface area contributed by atoms with Crippen LogP contribution in [0.25, 0.3) is 0 Å². The number of nitrogens with zero attached hydrogens (tertiary/aromatic N) is 2. The molecule has 3 rings (SSSR count). The Morgan fingerprint density at radius 1 is 0.963 bits per heavy atom. The zero-order valence-corrected chi connectivity index (χ0v) is 16.7. The van der Waals surface area contributed by atoms with Crippen molar-refractivity contribution in [3.63, 3.8) is 0 Å². The minimum absolute atomic E-state index is 0.00633. The molecule has 0 bridgehead atoms. The number of carbonyl (C=O) groups excluding carboxylic acids is 2. The standard InChI is InChI=1S/C19H17Cl2FN2O2S/c20-15-3-1-2-4-17(15)27-12-18(25)23-7-9-24(10-8-23)19(26)14-6-5-13(22)11-16(14)21/h1-6,11H,7-10,12H2. The van der Waals surface area contributed by atoms with E-state index in [0.717, 1.165) is 11.0 Å². The predicted molar refractivity (Wildman–Crippen MR) is 106 cm³/mol. The molecule has 1 saturated heterocycles. The molecule has 8 heteroatoms. The van der Waals surface area contributed by atoms with Crippen molar-refractivity contribution < 1.29 is 14.0 Å². The first kappa shape index (κ1) is 20.0. The fraction of sp³-hybridized carbons (Fsp3) is 0.263. The first-order valence-electron chi connectivity index (χ1n) is 8.35. The number of carbonyl (C=O) groups is 2. The van der Waals surface area contributed by atoms with Gasteiger partial charge in [-0.1, -0.05) is 35.3 Å². The number of thioether (sulfide) groups is 1. The third kappa shape index (κ3) is 4.94. The van der Waals surface area contributed by atoms with Crippen LogP contribution < -0.4 is 0 Å². The van der Waals surface area contributed by atoms with Gasteiger partial charge in [-0.2, -0.15) is 0 Å². The number of halogens is 3. The normalized spacial score (nSPS) is 14.3. The molecule has 1 aliphatic rings. The van der Waals surface area contributed by atoms with Crippen molar-refractivity contribution >= 4 is 46.8 Å². The lowest BCUT2D eigenvalue weighted by Crippen LogP contribution is -2.51. The average molecular weight is 427 g/mol. The minimum Gasteiger partial charge on any atom is -0.338 e. The summed E-state index contributed by atoms with van der Waals surface area (Å²) in [4.78, 5) is 29.2. The average Bonchev–Trinajstić information content (AvgIpc) is 2.67. The number of amides is 2. The number of piperazine rings is 1. The number of hydrogen-bond acceptors (Lipinski definition) is 3. The first-order chi connectivity index (χ1) is 13.0. The summed E-state index contributed by atoms with van der Waals surface area (Å²) in [5, 5.41) is 0.719. The number of hydrogen-bond donors (Lipinski definition) is 0. The fourth-order valence-electron chi connectivity index (χ4n) is 2.78. The summed E-state index contributed by atoms with van der Waals surface area (Å²) < 4.78 is 13.1. The molecule has 0 saturated carbocycles. The monoisotopic (exact) mass is 426 g/mol. The molecule has 0 aliphatic carbocycles. The predicted octanol–water partition coefficient (Wildman–Crippen LogP) is 4.21. The van der Waals surface area contributed by atoms with E-state index in [0.29, 0.717) is 37.0 Å². The van der Waals surface area contributed by atoms with E-state index in [4.69, 9.17) is 23.2 Å². The molecule has 2 amide bonds. The van der Waals surface area contributed by atoms with Crippen molar-refractivity contribution in [1.29, 1.82) is 0 Å². The van der Waals surface area contributed by atoms with Crippen molar-refractivity contribution in [2.45, 2.75) is 4.90 Å². The molecule has 2 aromatic carbocycles. The van der Waals surface area contributed by atoms with E-state index in [1.807, 2.05) is 18.2 Å². The molecular weight excluding hydrogens is 410 g/mol. The zero-order valence-electron chi connectivity index (χ0n) is 14.3. The molecule has 1 fully saturated rings. The van der Waals surface area contributed by atoms with E-state index in [-0.39, 0.29) is 22.4 Å². The van der Waals surface area contributed by atoms with Gasteiger partial charge >= 0.3 is 0 Å². The highest BCUT2D eigenvalue weighted by atomic mass is 35.5. The van der Waals surface area contributed by atoms with Crippen LogP contribution in [-0.2, 0) is 4.79 Å². The fourth-order valence-corrected chi connectivity index (χ4v) is 4.17. The summed E-state index contributed by atoms with van der Waals surface area (Å²) in [7, 11) is 0. The molecule has 0 radical (unpaired) electrons. The highest BCUT2D eigenvalue weighted by Gasteiger charge is 2.26. The van der Waals surface area contributed by atoms with Crippen LogP contribution in [0.15, 0.2) is 47.4 Å². The van der Waals surface area contributed by atoms with Gasteiger partial charge in [0.05, 0.1) is 21.4 Å². The first-order valence-corrected chi connectivity index (χ1v) is 10.1. The van der Waals surface area contributed by atoms with E-state index in [2.05, 4.69) is 0 Å². The van der Waals surface area contributed by atoms with Crippen molar-refractivity contribution in [3.05, 3.63) is 63.9 Å². The van der Waals surface area contributed by atoms with Crippen LogP contribution in [-0.4, -0.2) is 53.5 Å². The summed E-state index contributed by atoms with van der Waals surface area (Å²) in [6.07, 6.45) is 0. The van der Waals surface area contributed by atoms with Crippen molar-refractivity contribution in [2.75, 3.05) is 31.9 Å². The smallest absolute Gasteiger partial charge is 0.255 e. The van der Waals surface area contributed by atoms with E-state index in [9.17, 15) is 14.0 Å². The van der Waals surface area contributed by atoms with Crippen LogP contribution in [0.4, 0.5) is 4.39 Å². The Labute approximate surface area is 171 Å². The van der Waals surface area contributed by atoms with Crippen LogP contribution >= 0.6 is 35.0 Å². The van der Waals surface area contributed by atoms with Gasteiger partial charge in [0.2, 0.25) is 5.91 Å². The molecule has 27 heavy (non-hydrogen) atoms. The molecule has 4 nitrogen and oxygen atoms in total. The van der Waals surface area contributed by atoms with Crippen LogP contribution in [0.1, 0.15) is 10.4 Å². The number of benzene rings is 2. The lowest BCUT2D eigenvalue weighted by molar-refractivity contribution is -0.129. The second-order valence-electron chi connectivity index (χ2n) is 6.02. The van der Waals surface area contributed by atoms with Crippen LogP contribution in [0.2, 0.25) is 10.0 Å². The Balaban J connectivity index is 1.53. The second kappa shape index (κ2) is 8.95. The van der Waals surface area contributed by atoms with Crippen molar-refractivity contribution in [2.24, 2.45) is 0 Å². The van der Waals surface area contributed by atoms with Gasteiger partial charge in [0.15, 0.2) is 0 Å². The molecule has 0 unspecified atom stereocenters. The zero-order chi connectivity index (χ0) is 19.4. The maximum Gasteiger partial charge on any atom is 0.255 e. The minimum atomic E-state index is -0.483. The van der Waals surface area contributed by atoms with Crippen molar-refractivity contribution in [3.8, 4) is 0 Å². The quantitative estimate of drug-likeness (QED) is 0.687. The van der Waals surface area contributed by atoms with E-state index < -0.39 is 5.82 Å². The SMILES string of the molecule is O=C(CSc1ccccc1Cl)N1CCN(C(=O)c2ccc(F)cc2Cl)CC1. The summed E-state index contributed by atoms with van der Waals surface area (Å²) in [6.45, 7) is 1.73. The van der Waals surface area contributed by atoms with Gasteiger partial charge in [0, 0.05) is 31.1 Å². The van der Waals surface area contributed by atoms with Crippen LogP contribution in [0.5, 0.6) is 0 Å². The molecule has 2 aromatic rings. The van der Waals surface area contributed by atoms with Gasteiger partial charge in [0.25, 0.3) is 5.91 Å². The molecule has 142 valence electrons. The molecular formula is C19H17Cl2FN2O2S. The van der Waals surface area contributed by atoms with E-state index >= 15 is 0 Å². The second-order valence-corrected chi connectivity index (χ2v) is 7.85. The lowest BCUT2D eigenvalue weighted by Gasteiger charge is -2.35. The third-order valence-electron chi connectivity index (χ3n) is 4.27. The Bertz CT molecular complexity index is 857. The highest BCUT2D eigenvalue weighted by Crippen LogP contribution is 2.27. The Morgan fingerprint density at radius 3 is 2.30 bits per heavy atom. The van der Waals surface area contributed by atoms with E-state index in [1.165, 1.54) is 23.9 Å². The lowest BCUT2D eigenvalue weighted by atomic mass is 10.1. The highest BCUT2D eigenvalue weighted by molar-refractivity contribution is 8.00. The molecule has 0 spiro atoms. The maximum absolute atomic E-state index is 13.1. The van der Waals surface area contributed by atoms with Gasteiger partial charge in [-0.15, -0.1) is 11.8 Å². The summed E-state index contributed by atoms with van der Waals surface area (Å²) in [5.41, 5.74) is 0.270. The third-order valence-corrected chi connectivity index (χ3v) is 6.08. The number of rotatable bonds is 4.